The lowest BCUT2D eigenvalue weighted by Gasteiger charge is -2.18. The quantitative estimate of drug-likeness (QED) is 0.842. The lowest BCUT2D eigenvalue weighted by molar-refractivity contribution is 0.0992. The van der Waals surface area contributed by atoms with Gasteiger partial charge in [-0.15, -0.1) is 0 Å². The number of rotatable bonds is 3. The molecular weight excluding hydrogens is 258 g/mol. The fraction of sp³-hybridized carbons (Fsp3) is 0.133. The lowest BCUT2D eigenvalue weighted by Crippen LogP contribution is -2.26. The van der Waals surface area contributed by atoms with Crippen LogP contribution in [0.3, 0.4) is 0 Å². The number of methoxy groups -OCH3 is 1. The average molecular weight is 273 g/mol. The van der Waals surface area contributed by atoms with Gasteiger partial charge in [-0.05, 0) is 42.5 Å². The van der Waals surface area contributed by atoms with Gasteiger partial charge in [0.25, 0.3) is 5.91 Å². The number of ether oxygens (including phenoxy) is 1. The number of aromatic hydroxyl groups is 2. The fourth-order valence-electron chi connectivity index (χ4n) is 1.77. The first-order valence-corrected chi connectivity index (χ1v) is 5.97. The molecule has 0 unspecified atom stereocenters. The van der Waals surface area contributed by atoms with E-state index in [2.05, 4.69) is 0 Å². The minimum Gasteiger partial charge on any atom is -0.504 e. The highest BCUT2D eigenvalue weighted by atomic mass is 16.5. The van der Waals surface area contributed by atoms with Crippen LogP contribution in [0.5, 0.6) is 17.2 Å². The number of amides is 1. The Morgan fingerprint density at radius 3 is 2.25 bits per heavy atom. The maximum Gasteiger partial charge on any atom is 0.258 e. The number of anilines is 1. The number of benzene rings is 2. The van der Waals surface area contributed by atoms with Crippen LogP contribution in [0.25, 0.3) is 0 Å². The summed E-state index contributed by atoms with van der Waals surface area (Å²) in [6.07, 6.45) is 0. The van der Waals surface area contributed by atoms with Crippen LogP contribution in [-0.2, 0) is 0 Å². The maximum atomic E-state index is 12.3. The Morgan fingerprint density at radius 2 is 1.70 bits per heavy atom. The monoisotopic (exact) mass is 273 g/mol. The van der Waals surface area contributed by atoms with Crippen molar-refractivity contribution in [2.24, 2.45) is 0 Å². The average Bonchev–Trinajstić information content (AvgIpc) is 2.48. The molecule has 1 amide bonds. The van der Waals surface area contributed by atoms with E-state index in [-0.39, 0.29) is 17.4 Å². The summed E-state index contributed by atoms with van der Waals surface area (Å²) in [4.78, 5) is 13.7. The van der Waals surface area contributed by atoms with Crippen LogP contribution in [-0.4, -0.2) is 30.3 Å². The van der Waals surface area contributed by atoms with Crippen molar-refractivity contribution in [3.05, 3.63) is 48.0 Å². The van der Waals surface area contributed by atoms with Crippen LogP contribution in [0, 0.1) is 0 Å². The predicted octanol–water partition coefficient (Wildman–Crippen LogP) is 2.38. The molecule has 2 rings (SSSR count). The SMILES string of the molecule is COc1ccc(N(C)C(=O)c2ccc(O)c(O)c2)cc1. The summed E-state index contributed by atoms with van der Waals surface area (Å²) in [7, 11) is 3.21. The third kappa shape index (κ3) is 2.66. The Morgan fingerprint density at radius 1 is 1.05 bits per heavy atom. The van der Waals surface area contributed by atoms with Crippen LogP contribution >= 0.6 is 0 Å². The minimum absolute atomic E-state index is 0.256. The highest BCUT2D eigenvalue weighted by molar-refractivity contribution is 6.06. The first-order valence-electron chi connectivity index (χ1n) is 5.97. The van der Waals surface area contributed by atoms with Gasteiger partial charge in [0.1, 0.15) is 5.75 Å². The highest BCUT2D eigenvalue weighted by Crippen LogP contribution is 2.26. The lowest BCUT2D eigenvalue weighted by atomic mass is 10.1. The minimum atomic E-state index is -0.320. The molecule has 2 N–H and O–H groups in total. The summed E-state index contributed by atoms with van der Waals surface area (Å²) in [5, 5.41) is 18.7. The van der Waals surface area contributed by atoms with Crippen molar-refractivity contribution in [1.82, 2.24) is 0 Å². The summed E-state index contributed by atoms with van der Waals surface area (Å²) in [6.45, 7) is 0. The summed E-state index contributed by atoms with van der Waals surface area (Å²) < 4.78 is 5.06. The van der Waals surface area contributed by atoms with Crippen molar-refractivity contribution in [2.75, 3.05) is 19.1 Å². The van der Waals surface area contributed by atoms with Gasteiger partial charge >= 0.3 is 0 Å². The van der Waals surface area contributed by atoms with E-state index in [0.717, 1.165) is 0 Å². The summed E-state index contributed by atoms with van der Waals surface area (Å²) in [5.41, 5.74) is 0.988. The summed E-state index contributed by atoms with van der Waals surface area (Å²) >= 11 is 0. The third-order valence-electron chi connectivity index (χ3n) is 2.99. The molecular formula is C15H15NO4. The van der Waals surface area contributed by atoms with E-state index in [1.165, 1.54) is 23.1 Å². The molecule has 0 aliphatic heterocycles. The number of phenols is 2. The second-order valence-corrected chi connectivity index (χ2v) is 4.27. The zero-order chi connectivity index (χ0) is 14.7. The zero-order valence-corrected chi connectivity index (χ0v) is 11.2. The number of phenolic OH excluding ortho intramolecular Hbond substituents is 2. The maximum absolute atomic E-state index is 12.3. The largest absolute Gasteiger partial charge is 0.504 e. The third-order valence-corrected chi connectivity index (χ3v) is 2.99. The van der Waals surface area contributed by atoms with Gasteiger partial charge in [-0.3, -0.25) is 4.79 Å². The van der Waals surface area contributed by atoms with Crippen LogP contribution in [0.1, 0.15) is 10.4 Å². The smallest absolute Gasteiger partial charge is 0.258 e. The van der Waals surface area contributed by atoms with Gasteiger partial charge in [0.05, 0.1) is 7.11 Å². The molecule has 20 heavy (non-hydrogen) atoms. The van der Waals surface area contributed by atoms with Crippen LogP contribution in [0.15, 0.2) is 42.5 Å². The number of carbonyl (C=O) groups is 1. The van der Waals surface area contributed by atoms with Gasteiger partial charge in [-0.25, -0.2) is 0 Å². The normalized spacial score (nSPS) is 10.1. The van der Waals surface area contributed by atoms with E-state index in [9.17, 15) is 15.0 Å². The van der Waals surface area contributed by atoms with Crippen molar-refractivity contribution in [3.8, 4) is 17.2 Å². The molecule has 0 bridgehead atoms. The Hall–Kier alpha value is -2.69. The molecule has 104 valence electrons. The highest BCUT2D eigenvalue weighted by Gasteiger charge is 2.15. The van der Waals surface area contributed by atoms with Crippen molar-refractivity contribution < 1.29 is 19.7 Å². The molecule has 0 saturated carbocycles. The molecule has 0 heterocycles. The number of hydrogen-bond acceptors (Lipinski definition) is 4. The second kappa shape index (κ2) is 5.52. The van der Waals surface area contributed by atoms with Gasteiger partial charge in [0, 0.05) is 18.3 Å². The van der Waals surface area contributed by atoms with Crippen molar-refractivity contribution >= 4 is 11.6 Å². The van der Waals surface area contributed by atoms with E-state index in [0.29, 0.717) is 17.0 Å². The van der Waals surface area contributed by atoms with Crippen molar-refractivity contribution in [2.45, 2.75) is 0 Å². The van der Waals surface area contributed by atoms with E-state index >= 15 is 0 Å². The second-order valence-electron chi connectivity index (χ2n) is 4.27. The molecule has 5 nitrogen and oxygen atoms in total. The van der Waals surface area contributed by atoms with Crippen LogP contribution in [0.2, 0.25) is 0 Å². The molecule has 0 fully saturated rings. The molecule has 0 atom stereocenters. The molecule has 0 saturated heterocycles. The summed E-state index contributed by atoms with van der Waals surface area (Å²) in [5.74, 6) is -0.157. The molecule has 2 aromatic rings. The Bertz CT molecular complexity index is 622. The topological polar surface area (TPSA) is 70.0 Å². The number of carbonyl (C=O) groups excluding carboxylic acids is 1. The molecule has 0 radical (unpaired) electrons. The standard InChI is InChI=1S/C15H15NO4/c1-16(11-4-6-12(20-2)7-5-11)15(19)10-3-8-13(17)14(18)9-10/h3-9,17-18H,1-2H3. The van der Waals surface area contributed by atoms with Gasteiger partial charge in [0.2, 0.25) is 0 Å². The Balaban J connectivity index is 2.24. The van der Waals surface area contributed by atoms with Gasteiger partial charge in [-0.2, -0.15) is 0 Å². The molecule has 2 aromatic carbocycles. The van der Waals surface area contributed by atoms with E-state index in [1.54, 1.807) is 38.4 Å². The predicted molar refractivity (Wildman–Crippen MR) is 75.5 cm³/mol. The number of hydrogen-bond donors (Lipinski definition) is 2. The van der Waals surface area contributed by atoms with Gasteiger partial charge in [0.15, 0.2) is 11.5 Å². The van der Waals surface area contributed by atoms with Gasteiger partial charge in [-0.1, -0.05) is 0 Å². The van der Waals surface area contributed by atoms with Crippen LogP contribution in [0.4, 0.5) is 5.69 Å². The summed E-state index contributed by atoms with van der Waals surface area (Å²) in [6, 6.07) is 11.0. The van der Waals surface area contributed by atoms with E-state index < -0.39 is 0 Å². The fourth-order valence-corrected chi connectivity index (χ4v) is 1.77. The Labute approximate surface area is 116 Å². The first-order chi connectivity index (χ1) is 9.52. The molecule has 0 aliphatic rings. The number of nitrogens with zero attached hydrogens (tertiary/aromatic N) is 1. The van der Waals surface area contributed by atoms with Gasteiger partial charge < -0.3 is 19.8 Å². The van der Waals surface area contributed by atoms with E-state index in [4.69, 9.17) is 4.74 Å². The van der Waals surface area contributed by atoms with E-state index in [1.807, 2.05) is 0 Å². The van der Waals surface area contributed by atoms with Crippen LogP contribution < -0.4 is 9.64 Å². The van der Waals surface area contributed by atoms with Crippen molar-refractivity contribution in [3.63, 3.8) is 0 Å². The Kier molecular flexibility index (Phi) is 3.79. The molecule has 0 aliphatic carbocycles. The van der Waals surface area contributed by atoms with Crippen molar-refractivity contribution in [1.29, 1.82) is 0 Å². The molecule has 0 aromatic heterocycles. The molecule has 5 heteroatoms. The zero-order valence-electron chi connectivity index (χ0n) is 11.2. The first kappa shape index (κ1) is 13.7. The molecule has 0 spiro atoms.